The fourth-order valence-electron chi connectivity index (χ4n) is 13.4. The van der Waals surface area contributed by atoms with Gasteiger partial charge >= 0.3 is 11.4 Å². The lowest BCUT2D eigenvalue weighted by atomic mass is 9.79. The van der Waals surface area contributed by atoms with E-state index in [1.165, 1.54) is 40.3 Å². The number of methoxy groups -OCH3 is 6. The van der Waals surface area contributed by atoms with E-state index in [-0.39, 0.29) is 58.6 Å². The smallest absolute Gasteiger partial charge is 0.404 e. The molecular formula is C63H100ClN3O11. The summed E-state index contributed by atoms with van der Waals surface area (Å²) in [5.41, 5.74) is 7.05. The van der Waals surface area contributed by atoms with Gasteiger partial charge in [-0.15, -0.1) is 0 Å². The molecule has 3 aromatic carbocycles. The average molecular weight is 1110 g/mol. The average Bonchev–Trinajstić information content (AvgIpc) is 3.40. The number of ether oxygens (including phenoxy) is 8. The number of nitrogens with zero attached hydrogens (tertiary/aromatic N) is 3. The second kappa shape index (κ2) is 29.8. The van der Waals surface area contributed by atoms with Gasteiger partial charge in [-0.2, -0.15) is 0 Å². The highest BCUT2D eigenvalue weighted by Gasteiger charge is 2.43. The molecule has 0 aliphatic carbocycles. The summed E-state index contributed by atoms with van der Waals surface area (Å²) in [5.74, 6) is 7.34. The van der Waals surface area contributed by atoms with E-state index in [0.29, 0.717) is 41.5 Å². The number of halogens is 1. The summed E-state index contributed by atoms with van der Waals surface area (Å²) in [6.07, 6.45) is 8.30. The van der Waals surface area contributed by atoms with Crippen LogP contribution in [0.1, 0.15) is 161 Å². The first-order valence-corrected chi connectivity index (χ1v) is 27.9. The molecule has 0 amide bonds. The molecule has 0 saturated carbocycles. The van der Waals surface area contributed by atoms with Crippen molar-refractivity contribution in [2.75, 3.05) is 81.9 Å². The molecule has 0 radical (unpaired) electrons. The summed E-state index contributed by atoms with van der Waals surface area (Å²) in [6, 6.07) is 13.4. The molecule has 0 bridgehead atoms. The zero-order chi connectivity index (χ0) is 54.2. The Morgan fingerprint density at radius 1 is 0.500 bits per heavy atom. The van der Waals surface area contributed by atoms with E-state index < -0.39 is 5.43 Å². The third-order valence-corrected chi connectivity index (χ3v) is 16.7. The Morgan fingerprint density at radius 3 is 1.10 bits per heavy atom. The molecule has 9 atom stereocenters. The number of benzene rings is 3. The molecule has 14 nitrogen and oxygen atoms in total. The summed E-state index contributed by atoms with van der Waals surface area (Å²) in [4.78, 5) is 30.7. The van der Waals surface area contributed by atoms with Gasteiger partial charge in [-0.1, -0.05) is 63.8 Å². The second-order valence-electron chi connectivity index (χ2n) is 23.0. The Kier molecular flexibility index (Phi) is 25.3. The van der Waals surface area contributed by atoms with Crippen LogP contribution >= 0.6 is 11.6 Å². The molecule has 6 aliphatic rings. The van der Waals surface area contributed by atoms with Crippen molar-refractivity contribution < 1.29 is 52.6 Å². The Labute approximate surface area is 475 Å². The van der Waals surface area contributed by atoms with Crippen molar-refractivity contribution in [3.8, 4) is 34.5 Å². The van der Waals surface area contributed by atoms with E-state index in [1.807, 2.05) is 0 Å². The number of rotatable bonds is 14. The zero-order valence-corrected chi connectivity index (χ0v) is 48.0. The fraction of sp³-hybridized carbons (Fsp3) is 0.683. The summed E-state index contributed by atoms with van der Waals surface area (Å²) in [6.45, 7) is 20.9. The number of aliphatic hydroxyl groups excluding tert-OH is 1. The fourth-order valence-corrected chi connectivity index (χ4v) is 13.5. The standard InChI is InChI=1S/C21H31NO4.C20H28ClNO4.C19H29NO3.3CH4/c1-13(2)8-16-12-22-7-6-15-9-20(24-4)21(25-5)10-17(15)18(22)11-19(16)26-14(3)23;1-12(2)7-14-11-22-6-5-13-8-18(24-3)19(25-4)9-15(13)16(22)10-17(14)26-20(21)23;1-12(2)7-14-11-20-6-5-13-8-18(22-3)19(23-4)9-15(13)16(20)10-17(14)21;;;/h9-10,13,16,18-19H,6-8,11-12H2,1-5H3;8-9,12,14,16-17H,5-7,10-11H2,1-4H3;8-9,12,14,16-17,21H,5-7,10-11H2,1-4H3;3*1H4. The monoisotopic (exact) mass is 1110 g/mol. The summed E-state index contributed by atoms with van der Waals surface area (Å²) in [7, 11) is 10.0. The minimum Gasteiger partial charge on any atom is -0.493 e. The maximum absolute atomic E-state index is 11.7. The van der Waals surface area contributed by atoms with Crippen LogP contribution in [-0.4, -0.2) is 131 Å². The molecule has 1 N–H and O–H groups in total. The van der Waals surface area contributed by atoms with Gasteiger partial charge in [0.15, 0.2) is 34.5 Å². The van der Waals surface area contributed by atoms with Crippen LogP contribution in [0.2, 0.25) is 0 Å². The van der Waals surface area contributed by atoms with Crippen LogP contribution < -0.4 is 28.4 Å². The van der Waals surface area contributed by atoms with Crippen molar-refractivity contribution >= 4 is 23.0 Å². The van der Waals surface area contributed by atoms with Gasteiger partial charge in [-0.05, 0) is 138 Å². The largest absolute Gasteiger partial charge is 0.493 e. The highest BCUT2D eigenvalue weighted by molar-refractivity contribution is 6.61. The lowest BCUT2D eigenvalue weighted by Crippen LogP contribution is -2.49. The van der Waals surface area contributed by atoms with Crippen molar-refractivity contribution in [3.63, 3.8) is 0 Å². The van der Waals surface area contributed by atoms with E-state index in [0.717, 1.165) is 132 Å². The first-order chi connectivity index (χ1) is 35.9. The van der Waals surface area contributed by atoms with Crippen LogP contribution in [0, 0.1) is 35.5 Å². The molecule has 3 aromatic rings. The molecule has 440 valence electrons. The Bertz CT molecular complexity index is 2280. The van der Waals surface area contributed by atoms with Gasteiger partial charge in [0.05, 0.1) is 48.8 Å². The number of carbonyl (C=O) groups is 2. The SMILES string of the molecule is C.C.C.COc1cc2c(cc1OC)C1CC(O)C(CC(C)C)CN1CC2.COc1cc2c(cc1OC)C1CC(OC(=O)Cl)C(CC(C)C)CN1CC2.COc1cc2c(cc1OC)C1CC(OC(C)=O)C(CC(C)C)CN1CC2. The van der Waals surface area contributed by atoms with Crippen molar-refractivity contribution in [1.29, 1.82) is 0 Å². The topological polar surface area (TPSA) is 138 Å². The molecule has 6 heterocycles. The van der Waals surface area contributed by atoms with E-state index in [2.05, 4.69) is 92.6 Å². The summed E-state index contributed by atoms with van der Waals surface area (Å²) >= 11 is 5.56. The number of piperidine rings is 3. The van der Waals surface area contributed by atoms with Crippen LogP contribution in [0.3, 0.4) is 0 Å². The van der Waals surface area contributed by atoms with Crippen LogP contribution in [0.5, 0.6) is 34.5 Å². The molecule has 3 saturated heterocycles. The van der Waals surface area contributed by atoms with Crippen molar-refractivity contribution in [2.24, 2.45) is 35.5 Å². The van der Waals surface area contributed by atoms with Gasteiger partial charge in [0.1, 0.15) is 12.2 Å². The van der Waals surface area contributed by atoms with Crippen LogP contribution in [0.15, 0.2) is 36.4 Å². The number of carbonyl (C=O) groups excluding carboxylic acids is 2. The lowest BCUT2D eigenvalue weighted by molar-refractivity contribution is -0.154. The van der Waals surface area contributed by atoms with Gasteiger partial charge in [0, 0.05) is 101 Å². The minimum atomic E-state index is -0.708. The normalized spacial score (nSPS) is 25.0. The first kappa shape index (κ1) is 66.0. The molecule has 3 fully saturated rings. The Hall–Kier alpha value is -4.47. The number of esters is 1. The van der Waals surface area contributed by atoms with E-state index in [4.69, 9.17) is 49.5 Å². The third kappa shape index (κ3) is 15.7. The number of fused-ring (bicyclic) bond motifs is 9. The van der Waals surface area contributed by atoms with Gasteiger partial charge in [-0.25, -0.2) is 4.79 Å². The van der Waals surface area contributed by atoms with E-state index in [1.54, 1.807) is 42.7 Å². The van der Waals surface area contributed by atoms with E-state index >= 15 is 0 Å². The predicted molar refractivity (Wildman–Crippen MR) is 313 cm³/mol. The lowest BCUT2D eigenvalue weighted by Gasteiger charge is -2.47. The molecule has 0 aromatic heterocycles. The van der Waals surface area contributed by atoms with Gasteiger partial charge in [-0.3, -0.25) is 19.5 Å². The minimum absolute atomic E-state index is 0. The molecule has 15 heteroatoms. The molecule has 6 aliphatic heterocycles. The molecule has 0 spiro atoms. The second-order valence-corrected chi connectivity index (χ2v) is 23.3. The van der Waals surface area contributed by atoms with Crippen LogP contribution in [0.4, 0.5) is 4.79 Å². The zero-order valence-electron chi connectivity index (χ0n) is 47.2. The van der Waals surface area contributed by atoms with Crippen molar-refractivity contribution in [2.45, 2.75) is 165 Å². The number of aliphatic hydroxyl groups is 1. The van der Waals surface area contributed by atoms with Gasteiger partial charge in [0.25, 0.3) is 0 Å². The summed E-state index contributed by atoms with van der Waals surface area (Å²) < 4.78 is 44.1. The summed E-state index contributed by atoms with van der Waals surface area (Å²) in [5, 5.41) is 10.6. The quantitative estimate of drug-likeness (QED) is 0.121. The maximum Gasteiger partial charge on any atom is 0.404 e. The maximum atomic E-state index is 11.7. The van der Waals surface area contributed by atoms with Gasteiger partial charge < -0.3 is 43.0 Å². The molecular weight excluding hydrogens is 1010 g/mol. The van der Waals surface area contributed by atoms with Crippen molar-refractivity contribution in [1.82, 2.24) is 14.7 Å². The third-order valence-electron chi connectivity index (χ3n) is 16.6. The van der Waals surface area contributed by atoms with Crippen LogP contribution in [-0.2, 0) is 33.5 Å². The number of hydrogen-bond acceptors (Lipinski definition) is 14. The highest BCUT2D eigenvalue weighted by atomic mass is 35.5. The highest BCUT2D eigenvalue weighted by Crippen LogP contribution is 2.47. The Balaban J connectivity index is 0.000000248. The van der Waals surface area contributed by atoms with E-state index in [9.17, 15) is 14.7 Å². The Morgan fingerprint density at radius 2 is 0.795 bits per heavy atom. The first-order valence-electron chi connectivity index (χ1n) is 27.6. The molecule has 9 unspecified atom stereocenters. The predicted octanol–water partition coefficient (Wildman–Crippen LogP) is 13.0. The molecule has 78 heavy (non-hydrogen) atoms. The molecule has 9 rings (SSSR count). The van der Waals surface area contributed by atoms with Crippen LogP contribution in [0.25, 0.3) is 0 Å². The van der Waals surface area contributed by atoms with Gasteiger partial charge in [0.2, 0.25) is 0 Å². The number of hydrogen-bond donors (Lipinski definition) is 1. The van der Waals surface area contributed by atoms with Crippen molar-refractivity contribution in [3.05, 3.63) is 69.8 Å².